The summed E-state index contributed by atoms with van der Waals surface area (Å²) in [6, 6.07) is 17.1. The average molecular weight is 398 g/mol. The molecule has 4 rings (SSSR count). The van der Waals surface area contributed by atoms with Gasteiger partial charge in [0.1, 0.15) is 17.3 Å². The summed E-state index contributed by atoms with van der Waals surface area (Å²) in [6.07, 6.45) is 4.87. The number of nitriles is 1. The van der Waals surface area contributed by atoms with Crippen molar-refractivity contribution in [2.45, 2.75) is 0 Å². The zero-order chi connectivity index (χ0) is 20.9. The van der Waals surface area contributed by atoms with Gasteiger partial charge in [0.2, 0.25) is 6.79 Å². The summed E-state index contributed by atoms with van der Waals surface area (Å²) < 4.78 is 12.6. The molecule has 0 radical (unpaired) electrons. The van der Waals surface area contributed by atoms with Gasteiger partial charge in [-0.3, -0.25) is 4.79 Å². The first-order valence-corrected chi connectivity index (χ1v) is 9.25. The van der Waals surface area contributed by atoms with Crippen molar-refractivity contribution < 1.29 is 14.3 Å². The van der Waals surface area contributed by atoms with E-state index in [2.05, 4.69) is 11.9 Å². The molecule has 0 saturated carbocycles. The van der Waals surface area contributed by atoms with E-state index in [-0.39, 0.29) is 18.9 Å². The quantitative estimate of drug-likeness (QED) is 0.390. The molecule has 0 unspecified atom stereocenters. The molecule has 0 aliphatic carbocycles. The minimum Gasteiger partial charge on any atom is -0.454 e. The monoisotopic (exact) mass is 398 g/mol. The van der Waals surface area contributed by atoms with E-state index in [4.69, 9.17) is 14.6 Å². The lowest BCUT2D eigenvalue weighted by Gasteiger charge is -2.03. The Morgan fingerprint density at radius 3 is 2.80 bits per heavy atom. The third-order valence-corrected chi connectivity index (χ3v) is 4.48. The number of ether oxygens (including phenoxy) is 2. The van der Waals surface area contributed by atoms with Crippen molar-refractivity contribution in [3.63, 3.8) is 0 Å². The SMILES string of the molecule is C=CCNC(=O)/C(C#N)=C/c1cn(-c2ccccc2)nc1-c1ccc2c(c1)OCO2. The molecule has 0 saturated heterocycles. The van der Waals surface area contributed by atoms with Crippen molar-refractivity contribution in [3.05, 3.63) is 78.5 Å². The molecule has 3 aromatic rings. The Balaban J connectivity index is 1.81. The van der Waals surface area contributed by atoms with Crippen molar-refractivity contribution in [2.24, 2.45) is 0 Å². The predicted molar refractivity (Wildman–Crippen MR) is 112 cm³/mol. The molecular formula is C23H18N4O3. The Kier molecular flexibility index (Phi) is 5.31. The molecule has 30 heavy (non-hydrogen) atoms. The molecule has 2 heterocycles. The molecule has 1 amide bonds. The number of carbonyl (C=O) groups excluding carboxylic acids is 1. The minimum absolute atomic E-state index is 0.0218. The number of amides is 1. The van der Waals surface area contributed by atoms with Gasteiger partial charge in [0.15, 0.2) is 11.5 Å². The van der Waals surface area contributed by atoms with E-state index in [0.29, 0.717) is 22.8 Å². The van der Waals surface area contributed by atoms with Crippen LogP contribution in [-0.4, -0.2) is 29.0 Å². The molecular weight excluding hydrogens is 380 g/mol. The van der Waals surface area contributed by atoms with Crippen molar-refractivity contribution >= 4 is 12.0 Å². The number of nitrogens with zero attached hydrogens (tertiary/aromatic N) is 3. The van der Waals surface area contributed by atoms with Gasteiger partial charge < -0.3 is 14.8 Å². The fourth-order valence-electron chi connectivity index (χ4n) is 3.04. The van der Waals surface area contributed by atoms with Gasteiger partial charge in [-0.2, -0.15) is 10.4 Å². The van der Waals surface area contributed by atoms with Gasteiger partial charge >= 0.3 is 0 Å². The highest BCUT2D eigenvalue weighted by molar-refractivity contribution is 6.02. The second-order valence-corrected chi connectivity index (χ2v) is 6.45. The van der Waals surface area contributed by atoms with Crippen LogP contribution in [0.25, 0.3) is 23.0 Å². The molecule has 0 fully saturated rings. The third-order valence-electron chi connectivity index (χ3n) is 4.48. The summed E-state index contributed by atoms with van der Waals surface area (Å²) in [5.74, 6) is 0.822. The summed E-state index contributed by atoms with van der Waals surface area (Å²) >= 11 is 0. The topological polar surface area (TPSA) is 89.2 Å². The molecule has 148 valence electrons. The van der Waals surface area contributed by atoms with E-state index in [1.807, 2.05) is 54.6 Å². The molecule has 1 aliphatic heterocycles. The lowest BCUT2D eigenvalue weighted by Crippen LogP contribution is -2.24. The standard InChI is InChI=1S/C23H18N4O3/c1-2-10-25-23(28)17(13-24)11-18-14-27(19-6-4-3-5-7-19)26-22(18)16-8-9-20-21(12-16)30-15-29-20/h2-9,11-12,14H,1,10,15H2,(H,25,28)/b17-11+. The van der Waals surface area contributed by atoms with Gasteiger partial charge in [0.05, 0.1) is 5.69 Å². The Hall–Kier alpha value is -4.31. The molecule has 1 N–H and O–H groups in total. The van der Waals surface area contributed by atoms with Crippen LogP contribution in [0.1, 0.15) is 5.56 Å². The first-order chi connectivity index (χ1) is 14.7. The van der Waals surface area contributed by atoms with E-state index in [9.17, 15) is 10.1 Å². The highest BCUT2D eigenvalue weighted by atomic mass is 16.7. The number of fused-ring (bicyclic) bond motifs is 1. The van der Waals surface area contributed by atoms with Crippen LogP contribution in [-0.2, 0) is 4.79 Å². The first-order valence-electron chi connectivity index (χ1n) is 9.25. The second-order valence-electron chi connectivity index (χ2n) is 6.45. The molecule has 2 aromatic carbocycles. The zero-order valence-corrected chi connectivity index (χ0v) is 16.0. The summed E-state index contributed by atoms with van der Waals surface area (Å²) in [5.41, 5.74) is 2.86. The van der Waals surface area contributed by atoms with Crippen LogP contribution in [0.2, 0.25) is 0 Å². The van der Waals surface area contributed by atoms with Crippen LogP contribution < -0.4 is 14.8 Å². The first kappa shape index (κ1) is 19.0. The van der Waals surface area contributed by atoms with Crippen LogP contribution in [0.5, 0.6) is 11.5 Å². The maximum atomic E-state index is 12.3. The van der Waals surface area contributed by atoms with E-state index in [0.717, 1.165) is 11.3 Å². The normalized spacial score (nSPS) is 12.3. The highest BCUT2D eigenvalue weighted by Crippen LogP contribution is 2.37. The van der Waals surface area contributed by atoms with Crippen molar-refractivity contribution in [3.8, 4) is 34.5 Å². The maximum absolute atomic E-state index is 12.3. The van der Waals surface area contributed by atoms with Crippen LogP contribution in [0.4, 0.5) is 0 Å². The zero-order valence-electron chi connectivity index (χ0n) is 16.0. The number of hydrogen-bond acceptors (Lipinski definition) is 5. The lowest BCUT2D eigenvalue weighted by atomic mass is 10.1. The van der Waals surface area contributed by atoms with Crippen molar-refractivity contribution in [1.29, 1.82) is 5.26 Å². The van der Waals surface area contributed by atoms with E-state index in [1.165, 1.54) is 6.08 Å². The number of para-hydroxylation sites is 1. The summed E-state index contributed by atoms with van der Waals surface area (Å²) in [6.45, 7) is 4.02. The average Bonchev–Trinajstić information content (AvgIpc) is 3.42. The molecule has 1 aliphatic rings. The summed E-state index contributed by atoms with van der Waals surface area (Å²) in [4.78, 5) is 12.3. The smallest absolute Gasteiger partial charge is 0.262 e. The van der Waals surface area contributed by atoms with E-state index in [1.54, 1.807) is 17.0 Å². The molecule has 0 atom stereocenters. The number of carbonyl (C=O) groups is 1. The Labute approximate surface area is 173 Å². The maximum Gasteiger partial charge on any atom is 0.262 e. The van der Waals surface area contributed by atoms with Crippen LogP contribution in [0, 0.1) is 11.3 Å². The van der Waals surface area contributed by atoms with Gasteiger partial charge in [-0.25, -0.2) is 4.68 Å². The van der Waals surface area contributed by atoms with Crippen molar-refractivity contribution in [1.82, 2.24) is 15.1 Å². The van der Waals surface area contributed by atoms with E-state index >= 15 is 0 Å². The summed E-state index contributed by atoms with van der Waals surface area (Å²) in [5, 5.41) is 16.8. The molecule has 7 heteroatoms. The van der Waals surface area contributed by atoms with Gasteiger partial charge in [0.25, 0.3) is 5.91 Å². The van der Waals surface area contributed by atoms with Crippen LogP contribution in [0.15, 0.2) is 73.0 Å². The number of rotatable bonds is 6. The Morgan fingerprint density at radius 1 is 1.23 bits per heavy atom. The lowest BCUT2D eigenvalue weighted by molar-refractivity contribution is -0.116. The predicted octanol–water partition coefficient (Wildman–Crippen LogP) is 3.48. The highest BCUT2D eigenvalue weighted by Gasteiger charge is 2.18. The number of benzene rings is 2. The molecule has 0 bridgehead atoms. The van der Waals surface area contributed by atoms with Gasteiger partial charge in [0, 0.05) is 23.9 Å². The number of aromatic nitrogens is 2. The molecule has 7 nitrogen and oxygen atoms in total. The Bertz CT molecular complexity index is 1170. The fourth-order valence-corrected chi connectivity index (χ4v) is 3.04. The van der Waals surface area contributed by atoms with Crippen molar-refractivity contribution in [2.75, 3.05) is 13.3 Å². The number of nitrogens with one attached hydrogen (secondary N) is 1. The third kappa shape index (κ3) is 3.80. The van der Waals surface area contributed by atoms with Gasteiger partial charge in [-0.05, 0) is 36.4 Å². The fraction of sp³-hybridized carbons (Fsp3) is 0.0870. The van der Waals surface area contributed by atoms with Gasteiger partial charge in [-0.15, -0.1) is 6.58 Å². The largest absolute Gasteiger partial charge is 0.454 e. The molecule has 0 spiro atoms. The van der Waals surface area contributed by atoms with E-state index < -0.39 is 5.91 Å². The Morgan fingerprint density at radius 2 is 2.03 bits per heavy atom. The van der Waals surface area contributed by atoms with Crippen LogP contribution >= 0.6 is 0 Å². The molecule has 1 aromatic heterocycles. The minimum atomic E-state index is -0.471. The second kappa shape index (κ2) is 8.37. The summed E-state index contributed by atoms with van der Waals surface area (Å²) in [7, 11) is 0. The van der Waals surface area contributed by atoms with Crippen LogP contribution in [0.3, 0.4) is 0 Å². The van der Waals surface area contributed by atoms with Gasteiger partial charge in [-0.1, -0.05) is 24.3 Å². The number of hydrogen-bond donors (Lipinski definition) is 1.